The van der Waals surface area contributed by atoms with Crippen molar-refractivity contribution in [3.05, 3.63) is 88.2 Å². The van der Waals surface area contributed by atoms with E-state index in [2.05, 4.69) is 10.3 Å². The number of benzene rings is 2. The lowest BCUT2D eigenvalue weighted by Crippen LogP contribution is -2.15. The topological polar surface area (TPSA) is 102 Å². The number of alkyl halides is 3. The number of hydrogen-bond donors (Lipinski definition) is 2. The Morgan fingerprint density at radius 2 is 1.83 bits per heavy atom. The molecule has 0 spiro atoms. The van der Waals surface area contributed by atoms with Crippen molar-refractivity contribution >= 4 is 22.6 Å². The van der Waals surface area contributed by atoms with Gasteiger partial charge >= 0.3 is 6.18 Å². The van der Waals surface area contributed by atoms with Gasteiger partial charge in [0.2, 0.25) is 5.88 Å². The van der Waals surface area contributed by atoms with Gasteiger partial charge in [0.05, 0.1) is 23.2 Å². The number of rotatable bonds is 7. The highest BCUT2D eigenvalue weighted by atomic mass is 19.4. The van der Waals surface area contributed by atoms with Crippen LogP contribution in [0.2, 0.25) is 0 Å². The average molecular weight is 484 g/mol. The molecule has 0 radical (unpaired) electrons. The second-order valence-corrected chi connectivity index (χ2v) is 7.48. The molecule has 0 aliphatic rings. The normalized spacial score (nSPS) is 11.4. The highest BCUT2D eigenvalue weighted by Crippen LogP contribution is 2.33. The van der Waals surface area contributed by atoms with Crippen LogP contribution in [0, 0.1) is 0 Å². The number of hydrogen-bond acceptors (Lipinski definition) is 6. The fraction of sp³-hybridized carbons (Fsp3) is 0.160. The van der Waals surface area contributed by atoms with Gasteiger partial charge in [-0.3, -0.25) is 9.59 Å². The van der Waals surface area contributed by atoms with Gasteiger partial charge in [-0.1, -0.05) is 24.3 Å². The zero-order valence-electron chi connectivity index (χ0n) is 18.1. The minimum atomic E-state index is -4.56. The van der Waals surface area contributed by atoms with E-state index in [4.69, 9.17) is 14.3 Å². The first-order chi connectivity index (χ1) is 16.8. The molecule has 2 aromatic carbocycles. The van der Waals surface area contributed by atoms with Gasteiger partial charge in [-0.05, 0) is 30.3 Å². The summed E-state index contributed by atoms with van der Waals surface area (Å²) in [5.74, 6) is -0.493. The van der Waals surface area contributed by atoms with Crippen LogP contribution in [0.15, 0.2) is 75.9 Å². The van der Waals surface area contributed by atoms with Crippen molar-refractivity contribution in [2.24, 2.45) is 0 Å². The van der Waals surface area contributed by atoms with Gasteiger partial charge in [0.1, 0.15) is 11.5 Å². The summed E-state index contributed by atoms with van der Waals surface area (Å²) in [6.07, 6.45) is -4.16. The molecule has 1 amide bonds. The monoisotopic (exact) mass is 484 g/mol. The van der Waals surface area contributed by atoms with E-state index in [0.29, 0.717) is 6.42 Å². The Kier molecular flexibility index (Phi) is 6.83. The predicted octanol–water partition coefficient (Wildman–Crippen LogP) is 4.89. The first kappa shape index (κ1) is 24.0. The molecule has 0 aliphatic carbocycles. The third kappa shape index (κ3) is 5.49. The van der Waals surface area contributed by atoms with Crippen molar-refractivity contribution < 1.29 is 32.2 Å². The molecular weight excluding hydrogens is 465 g/mol. The molecule has 180 valence electrons. The molecule has 2 aromatic heterocycles. The molecule has 0 aliphatic heterocycles. The minimum absolute atomic E-state index is 0.0103. The molecule has 4 rings (SSSR count). The molecule has 10 heteroatoms. The van der Waals surface area contributed by atoms with Crippen LogP contribution < -0.4 is 15.5 Å². The number of ether oxygens (including phenoxy) is 1. The van der Waals surface area contributed by atoms with Crippen LogP contribution in [0.5, 0.6) is 5.88 Å². The van der Waals surface area contributed by atoms with Gasteiger partial charge in [-0.25, -0.2) is 4.98 Å². The summed E-state index contributed by atoms with van der Waals surface area (Å²) in [5, 5.41) is 11.6. The van der Waals surface area contributed by atoms with Crippen molar-refractivity contribution in [3.8, 4) is 17.2 Å². The molecule has 2 heterocycles. The molecule has 0 fully saturated rings. The number of aliphatic hydroxyl groups excluding tert-OH is 1. The zero-order valence-corrected chi connectivity index (χ0v) is 18.1. The maximum atomic E-state index is 13.1. The van der Waals surface area contributed by atoms with Crippen LogP contribution in [-0.4, -0.2) is 29.2 Å². The lowest BCUT2D eigenvalue weighted by molar-refractivity contribution is -0.137. The predicted molar refractivity (Wildman–Crippen MR) is 122 cm³/mol. The fourth-order valence-electron chi connectivity index (χ4n) is 3.32. The van der Waals surface area contributed by atoms with E-state index in [-0.39, 0.29) is 52.8 Å². The minimum Gasteiger partial charge on any atom is -0.478 e. The van der Waals surface area contributed by atoms with Crippen molar-refractivity contribution in [1.29, 1.82) is 0 Å². The Labute approximate surface area is 196 Å². The highest BCUT2D eigenvalue weighted by molar-refractivity contribution is 6.07. The van der Waals surface area contributed by atoms with Crippen LogP contribution in [-0.2, 0) is 6.18 Å². The van der Waals surface area contributed by atoms with Crippen molar-refractivity contribution in [1.82, 2.24) is 4.98 Å². The van der Waals surface area contributed by atoms with Gasteiger partial charge in [0.15, 0.2) is 11.0 Å². The summed E-state index contributed by atoms with van der Waals surface area (Å²) in [4.78, 5) is 29.6. The van der Waals surface area contributed by atoms with Crippen molar-refractivity contribution in [2.45, 2.75) is 12.6 Å². The molecule has 7 nitrogen and oxygen atoms in total. The second kappa shape index (κ2) is 9.98. The number of carbonyl (C=O) groups excluding carboxylic acids is 1. The van der Waals surface area contributed by atoms with Gasteiger partial charge in [0.25, 0.3) is 5.91 Å². The number of fused-ring (bicyclic) bond motifs is 1. The van der Waals surface area contributed by atoms with E-state index in [1.54, 1.807) is 18.2 Å². The van der Waals surface area contributed by atoms with E-state index in [0.717, 1.165) is 18.2 Å². The number of aromatic nitrogens is 1. The maximum Gasteiger partial charge on any atom is 0.416 e. The quantitative estimate of drug-likeness (QED) is 0.363. The average Bonchev–Trinajstić information content (AvgIpc) is 2.84. The van der Waals surface area contributed by atoms with Crippen LogP contribution in [0.3, 0.4) is 0 Å². The van der Waals surface area contributed by atoms with Crippen LogP contribution in [0.25, 0.3) is 22.3 Å². The molecular formula is C25H19F3N2O5. The summed E-state index contributed by atoms with van der Waals surface area (Å²) in [5.41, 5.74) is -1.11. The molecule has 0 unspecified atom stereocenters. The van der Waals surface area contributed by atoms with Crippen LogP contribution in [0.4, 0.5) is 18.9 Å². The Morgan fingerprint density at radius 3 is 2.60 bits per heavy atom. The first-order valence-corrected chi connectivity index (χ1v) is 10.5. The lowest BCUT2D eigenvalue weighted by atomic mass is 10.1. The van der Waals surface area contributed by atoms with E-state index >= 15 is 0 Å². The summed E-state index contributed by atoms with van der Waals surface area (Å²) in [6.45, 7) is 0.177. The smallest absolute Gasteiger partial charge is 0.416 e. The highest BCUT2D eigenvalue weighted by Gasteiger charge is 2.30. The third-order valence-corrected chi connectivity index (χ3v) is 4.99. The number of pyridine rings is 1. The Hall–Kier alpha value is -4.18. The molecule has 0 saturated carbocycles. The standard InChI is InChI=1S/C25H19F3N2O5/c26-25(27,28)16-6-1-5-15(13-16)21-14-20(32)17-7-2-8-18(23(17)35-21)30-24(33)19-9-3-10-22(29-19)34-12-4-11-31/h1-3,5-10,13-14,31H,4,11-12H2,(H,30,33). The Balaban J connectivity index is 1.68. The molecule has 4 aromatic rings. The fourth-order valence-corrected chi connectivity index (χ4v) is 3.32. The maximum absolute atomic E-state index is 13.1. The van der Waals surface area contributed by atoms with Crippen molar-refractivity contribution in [2.75, 3.05) is 18.5 Å². The number of nitrogens with one attached hydrogen (secondary N) is 1. The first-order valence-electron chi connectivity index (χ1n) is 10.5. The van der Waals surface area contributed by atoms with Crippen LogP contribution in [0.1, 0.15) is 22.5 Å². The molecule has 2 N–H and O–H groups in total. The van der Waals surface area contributed by atoms with Gasteiger partial charge in [0, 0.05) is 30.7 Å². The van der Waals surface area contributed by atoms with Crippen LogP contribution >= 0.6 is 0 Å². The largest absolute Gasteiger partial charge is 0.478 e. The van der Waals surface area contributed by atoms with Gasteiger partial charge in [-0.2, -0.15) is 13.2 Å². The molecule has 0 saturated heterocycles. The third-order valence-electron chi connectivity index (χ3n) is 4.99. The molecule has 0 bridgehead atoms. The van der Waals surface area contributed by atoms with Gasteiger partial charge < -0.3 is 19.6 Å². The van der Waals surface area contributed by atoms with E-state index in [1.807, 2.05) is 0 Å². The molecule has 0 atom stereocenters. The van der Waals surface area contributed by atoms with Crippen molar-refractivity contribution in [3.63, 3.8) is 0 Å². The summed E-state index contributed by atoms with van der Waals surface area (Å²) >= 11 is 0. The zero-order chi connectivity index (χ0) is 25.0. The number of para-hydroxylation sites is 1. The number of anilines is 1. The second-order valence-electron chi connectivity index (χ2n) is 7.48. The summed E-state index contributed by atoms with van der Waals surface area (Å²) < 4.78 is 50.6. The number of carbonyl (C=O) groups is 1. The Morgan fingerprint density at radius 1 is 1.06 bits per heavy atom. The van der Waals surface area contributed by atoms with E-state index in [1.165, 1.54) is 30.3 Å². The van der Waals surface area contributed by atoms with E-state index < -0.39 is 23.1 Å². The van der Waals surface area contributed by atoms with E-state index in [9.17, 15) is 22.8 Å². The molecule has 35 heavy (non-hydrogen) atoms. The van der Waals surface area contributed by atoms with Gasteiger partial charge in [-0.15, -0.1) is 0 Å². The summed E-state index contributed by atoms with van der Waals surface area (Å²) in [7, 11) is 0. The summed E-state index contributed by atoms with van der Waals surface area (Å²) in [6, 6.07) is 14.7. The lowest BCUT2D eigenvalue weighted by Gasteiger charge is -2.11. The Bertz CT molecular complexity index is 1430. The number of amides is 1. The number of nitrogens with zero attached hydrogens (tertiary/aromatic N) is 1. The number of halogens is 3. The SMILES string of the molecule is O=C(Nc1cccc2c(=O)cc(-c3cccc(C(F)(F)F)c3)oc12)c1cccc(OCCCO)n1. The number of aliphatic hydroxyl groups is 1.